The smallest absolute Gasteiger partial charge is 0.148 e. The number of fused-ring (bicyclic) bond motifs is 1. The van der Waals surface area contributed by atoms with Gasteiger partial charge in [0.25, 0.3) is 0 Å². The Morgan fingerprint density at radius 2 is 2.00 bits per heavy atom. The number of nitrogens with zero attached hydrogens (tertiary/aromatic N) is 3. The van der Waals surface area contributed by atoms with Crippen LogP contribution in [0.25, 0.3) is 11.3 Å². The van der Waals surface area contributed by atoms with E-state index in [1.807, 2.05) is 24.3 Å². The SMILES string of the molecule is OC1NCc2c(-c3ccc(NC[C@]4(c5ncccc5F)C[C@H](F)C4)nn3)cccc21. The molecule has 1 saturated carbocycles. The summed E-state index contributed by atoms with van der Waals surface area (Å²) in [6.07, 6.45) is 0.366. The Labute approximate surface area is 172 Å². The molecule has 0 saturated heterocycles. The zero-order valence-corrected chi connectivity index (χ0v) is 16.1. The third-order valence-electron chi connectivity index (χ3n) is 6.01. The number of aliphatic hydroxyl groups is 1. The summed E-state index contributed by atoms with van der Waals surface area (Å²) >= 11 is 0. The Morgan fingerprint density at radius 3 is 2.73 bits per heavy atom. The van der Waals surface area contributed by atoms with Crippen LogP contribution in [-0.2, 0) is 12.0 Å². The van der Waals surface area contributed by atoms with Gasteiger partial charge in [0.1, 0.15) is 24.0 Å². The maximum Gasteiger partial charge on any atom is 0.148 e. The molecule has 2 aromatic heterocycles. The van der Waals surface area contributed by atoms with Gasteiger partial charge in [0.15, 0.2) is 0 Å². The van der Waals surface area contributed by atoms with Crippen molar-refractivity contribution in [2.24, 2.45) is 0 Å². The molecule has 0 amide bonds. The summed E-state index contributed by atoms with van der Waals surface area (Å²) in [5.74, 6) is 0.115. The molecule has 30 heavy (non-hydrogen) atoms. The minimum Gasteiger partial charge on any atom is -0.374 e. The number of pyridine rings is 1. The molecule has 1 fully saturated rings. The lowest BCUT2D eigenvalue weighted by Crippen LogP contribution is -2.49. The first-order valence-electron chi connectivity index (χ1n) is 9.92. The average Bonchev–Trinajstić information content (AvgIpc) is 3.12. The average molecular weight is 409 g/mol. The summed E-state index contributed by atoms with van der Waals surface area (Å²) in [6, 6.07) is 12.3. The van der Waals surface area contributed by atoms with Gasteiger partial charge in [0.05, 0.1) is 11.4 Å². The monoisotopic (exact) mass is 409 g/mol. The van der Waals surface area contributed by atoms with Crippen molar-refractivity contribution in [3.05, 3.63) is 71.3 Å². The Bertz CT molecular complexity index is 1070. The number of aromatic nitrogens is 3. The standard InChI is InChI=1S/C22H21F2N5O/c23-13-9-22(10-13,20-17(24)5-2-8-25-20)12-27-19-7-6-18(28-29-19)14-3-1-4-15-16(14)11-26-21(15)30/h1-8,13,21,26,30H,9-12H2,(H,27,29)/t13-,21?,22-. The molecule has 5 rings (SSSR count). The summed E-state index contributed by atoms with van der Waals surface area (Å²) in [5, 5.41) is 24.7. The molecule has 6 nitrogen and oxygen atoms in total. The van der Waals surface area contributed by atoms with E-state index in [0.29, 0.717) is 30.3 Å². The van der Waals surface area contributed by atoms with E-state index < -0.39 is 23.6 Å². The summed E-state index contributed by atoms with van der Waals surface area (Å²) in [6.45, 7) is 0.892. The molecule has 154 valence electrons. The zero-order chi connectivity index (χ0) is 20.7. The normalized spacial score (nSPS) is 24.9. The van der Waals surface area contributed by atoms with Crippen molar-refractivity contribution < 1.29 is 13.9 Å². The van der Waals surface area contributed by atoms with Crippen LogP contribution >= 0.6 is 0 Å². The van der Waals surface area contributed by atoms with Gasteiger partial charge in [-0.3, -0.25) is 10.3 Å². The maximum absolute atomic E-state index is 14.3. The number of hydrogen-bond acceptors (Lipinski definition) is 6. The Kier molecular flexibility index (Phi) is 4.67. The van der Waals surface area contributed by atoms with Crippen LogP contribution in [0.4, 0.5) is 14.6 Å². The largest absolute Gasteiger partial charge is 0.374 e. The first-order chi connectivity index (χ1) is 14.6. The van der Waals surface area contributed by atoms with E-state index in [0.717, 1.165) is 16.7 Å². The predicted octanol–water partition coefficient (Wildman–Crippen LogP) is 3.25. The van der Waals surface area contributed by atoms with E-state index in [2.05, 4.69) is 25.8 Å². The fourth-order valence-electron chi connectivity index (χ4n) is 4.42. The van der Waals surface area contributed by atoms with Crippen LogP contribution < -0.4 is 10.6 Å². The Balaban J connectivity index is 1.34. The van der Waals surface area contributed by atoms with Gasteiger partial charge < -0.3 is 10.4 Å². The molecule has 0 bridgehead atoms. The summed E-state index contributed by atoms with van der Waals surface area (Å²) in [5.41, 5.74) is 3.08. The predicted molar refractivity (Wildman–Crippen MR) is 108 cm³/mol. The molecule has 8 heteroatoms. The second kappa shape index (κ2) is 7.37. The van der Waals surface area contributed by atoms with Crippen LogP contribution in [0.5, 0.6) is 0 Å². The second-order valence-corrected chi connectivity index (χ2v) is 7.93. The van der Waals surface area contributed by atoms with E-state index in [-0.39, 0.29) is 12.8 Å². The molecular weight excluding hydrogens is 388 g/mol. The first-order valence-corrected chi connectivity index (χ1v) is 9.92. The van der Waals surface area contributed by atoms with Crippen LogP contribution in [0.3, 0.4) is 0 Å². The van der Waals surface area contributed by atoms with Gasteiger partial charge in [-0.05, 0) is 42.7 Å². The Morgan fingerprint density at radius 1 is 1.13 bits per heavy atom. The lowest BCUT2D eigenvalue weighted by atomic mass is 9.65. The molecule has 1 unspecified atom stereocenters. The molecule has 0 spiro atoms. The number of rotatable bonds is 5. The summed E-state index contributed by atoms with van der Waals surface area (Å²) in [7, 11) is 0. The fraction of sp³-hybridized carbons (Fsp3) is 0.318. The van der Waals surface area contributed by atoms with Crippen LogP contribution in [0.2, 0.25) is 0 Å². The van der Waals surface area contributed by atoms with Crippen LogP contribution in [-0.4, -0.2) is 33.0 Å². The van der Waals surface area contributed by atoms with E-state index >= 15 is 0 Å². The number of halogens is 2. The molecule has 3 heterocycles. The highest BCUT2D eigenvalue weighted by molar-refractivity contribution is 5.66. The quantitative estimate of drug-likeness (QED) is 0.600. The second-order valence-electron chi connectivity index (χ2n) is 7.93. The minimum atomic E-state index is -0.953. The van der Waals surface area contributed by atoms with Gasteiger partial charge in [-0.1, -0.05) is 18.2 Å². The molecular formula is C22H21F2N5O. The summed E-state index contributed by atoms with van der Waals surface area (Å²) < 4.78 is 28.0. The van der Waals surface area contributed by atoms with Crippen LogP contribution in [0, 0.1) is 5.82 Å². The minimum absolute atomic E-state index is 0.227. The number of aliphatic hydroxyl groups excluding tert-OH is 1. The Hall–Kier alpha value is -2.97. The van der Waals surface area contributed by atoms with Crippen molar-refractivity contribution in [3.8, 4) is 11.3 Å². The van der Waals surface area contributed by atoms with E-state index in [1.54, 1.807) is 6.07 Å². The van der Waals surface area contributed by atoms with Crippen molar-refractivity contribution in [1.82, 2.24) is 20.5 Å². The van der Waals surface area contributed by atoms with Crippen LogP contribution in [0.15, 0.2) is 48.7 Å². The van der Waals surface area contributed by atoms with Crippen molar-refractivity contribution in [2.45, 2.75) is 37.2 Å². The van der Waals surface area contributed by atoms with Crippen molar-refractivity contribution in [1.29, 1.82) is 0 Å². The van der Waals surface area contributed by atoms with E-state index in [9.17, 15) is 13.9 Å². The molecule has 1 aliphatic carbocycles. The highest BCUT2D eigenvalue weighted by Crippen LogP contribution is 2.45. The van der Waals surface area contributed by atoms with Gasteiger partial charge in [-0.2, -0.15) is 0 Å². The first kappa shape index (κ1) is 19.0. The highest BCUT2D eigenvalue weighted by atomic mass is 19.1. The van der Waals surface area contributed by atoms with Gasteiger partial charge in [0.2, 0.25) is 0 Å². The molecule has 1 atom stereocenters. The van der Waals surface area contributed by atoms with Crippen molar-refractivity contribution in [2.75, 3.05) is 11.9 Å². The topological polar surface area (TPSA) is 83.0 Å². The third-order valence-corrected chi connectivity index (χ3v) is 6.01. The zero-order valence-electron chi connectivity index (χ0n) is 16.1. The van der Waals surface area contributed by atoms with Crippen molar-refractivity contribution >= 4 is 5.82 Å². The van der Waals surface area contributed by atoms with Gasteiger partial charge in [-0.25, -0.2) is 8.78 Å². The number of anilines is 1. The van der Waals surface area contributed by atoms with Crippen LogP contribution in [0.1, 0.15) is 35.9 Å². The third kappa shape index (κ3) is 3.22. The molecule has 2 aliphatic rings. The fourth-order valence-corrected chi connectivity index (χ4v) is 4.42. The summed E-state index contributed by atoms with van der Waals surface area (Å²) in [4.78, 5) is 4.17. The number of benzene rings is 1. The molecule has 0 radical (unpaired) electrons. The maximum atomic E-state index is 14.3. The van der Waals surface area contributed by atoms with Gasteiger partial charge >= 0.3 is 0 Å². The van der Waals surface area contributed by atoms with Gasteiger partial charge in [-0.15, -0.1) is 10.2 Å². The lowest BCUT2D eigenvalue weighted by Gasteiger charge is -2.44. The molecule has 3 aromatic rings. The number of nitrogens with one attached hydrogen (secondary N) is 2. The van der Waals surface area contributed by atoms with Crippen molar-refractivity contribution in [3.63, 3.8) is 0 Å². The number of hydrogen-bond donors (Lipinski definition) is 3. The molecule has 1 aliphatic heterocycles. The lowest BCUT2D eigenvalue weighted by molar-refractivity contribution is 0.0964. The molecule has 3 N–H and O–H groups in total. The van der Waals surface area contributed by atoms with E-state index in [4.69, 9.17) is 0 Å². The highest BCUT2D eigenvalue weighted by Gasteiger charge is 2.48. The number of alkyl halides is 1. The van der Waals surface area contributed by atoms with E-state index in [1.165, 1.54) is 18.3 Å². The van der Waals surface area contributed by atoms with Gasteiger partial charge in [0, 0.05) is 35.8 Å². The molecule has 1 aromatic carbocycles.